The van der Waals surface area contributed by atoms with Crippen LogP contribution < -0.4 is 5.32 Å². The smallest absolute Gasteiger partial charge is 0.225 e. The van der Waals surface area contributed by atoms with Crippen LogP contribution in [0.5, 0.6) is 0 Å². The van der Waals surface area contributed by atoms with Gasteiger partial charge >= 0.3 is 0 Å². The molecule has 25 heavy (non-hydrogen) atoms. The van der Waals surface area contributed by atoms with Gasteiger partial charge in [0.1, 0.15) is 0 Å². The summed E-state index contributed by atoms with van der Waals surface area (Å²) in [6.07, 6.45) is 3.95. The van der Waals surface area contributed by atoms with Crippen molar-refractivity contribution in [1.29, 1.82) is 0 Å². The monoisotopic (exact) mass is 344 g/mol. The van der Waals surface area contributed by atoms with E-state index in [9.17, 15) is 9.59 Å². The van der Waals surface area contributed by atoms with E-state index in [0.717, 1.165) is 25.7 Å². The van der Waals surface area contributed by atoms with E-state index in [0.29, 0.717) is 26.2 Å². The Morgan fingerprint density at radius 3 is 2.72 bits per heavy atom. The van der Waals surface area contributed by atoms with Crippen LogP contribution in [0, 0.1) is 5.92 Å². The number of hydrogen-bond acceptors (Lipinski definition) is 3. The molecule has 1 N–H and O–H groups in total. The summed E-state index contributed by atoms with van der Waals surface area (Å²) in [5.74, 6) is -0.0815. The molecule has 2 aliphatic heterocycles. The fraction of sp³-hybridized carbons (Fsp3) is 0.600. The van der Waals surface area contributed by atoms with Gasteiger partial charge in [-0.2, -0.15) is 0 Å². The second-order valence-corrected chi connectivity index (χ2v) is 7.22. The quantitative estimate of drug-likeness (QED) is 0.860. The number of ether oxygens (including phenoxy) is 1. The molecule has 2 aliphatic rings. The van der Waals surface area contributed by atoms with Gasteiger partial charge in [0.25, 0.3) is 0 Å². The molecular formula is C20H28N2O3. The molecule has 2 saturated heterocycles. The van der Waals surface area contributed by atoms with Crippen LogP contribution in [0.25, 0.3) is 0 Å². The van der Waals surface area contributed by atoms with Gasteiger partial charge in [-0.3, -0.25) is 9.59 Å². The van der Waals surface area contributed by atoms with Gasteiger partial charge in [-0.05, 0) is 38.2 Å². The molecule has 2 heterocycles. The summed E-state index contributed by atoms with van der Waals surface area (Å²) in [7, 11) is 0. The summed E-state index contributed by atoms with van der Waals surface area (Å²) in [5.41, 5.74) is 1.28. The molecule has 0 aromatic heterocycles. The largest absolute Gasteiger partial charge is 0.381 e. The molecule has 0 aliphatic carbocycles. The maximum atomic E-state index is 12.5. The topological polar surface area (TPSA) is 58.6 Å². The molecule has 5 nitrogen and oxygen atoms in total. The second kappa shape index (κ2) is 8.48. The highest BCUT2D eigenvalue weighted by atomic mass is 16.5. The Hall–Kier alpha value is -1.88. The highest BCUT2D eigenvalue weighted by Crippen LogP contribution is 2.25. The standard InChI is InChI=1S/C20H28N2O3/c1-15(7-8-16-5-3-2-4-6-16)21-20(24)17-13-19(23)22(14-17)18-9-11-25-12-10-18/h2-6,15,17-18H,7-14H2,1H3,(H,21,24). The third-order valence-electron chi connectivity index (χ3n) is 5.26. The zero-order chi connectivity index (χ0) is 17.6. The third kappa shape index (κ3) is 4.82. The number of aryl methyl sites for hydroxylation is 1. The predicted octanol–water partition coefficient (Wildman–Crippen LogP) is 2.15. The molecule has 136 valence electrons. The fourth-order valence-electron chi connectivity index (χ4n) is 3.72. The van der Waals surface area contributed by atoms with Crippen molar-refractivity contribution in [2.75, 3.05) is 19.8 Å². The first-order chi connectivity index (χ1) is 12.1. The van der Waals surface area contributed by atoms with Crippen LogP contribution in [0.4, 0.5) is 0 Å². The minimum Gasteiger partial charge on any atom is -0.381 e. The van der Waals surface area contributed by atoms with Crippen LogP contribution in [0.15, 0.2) is 30.3 Å². The number of benzene rings is 1. The van der Waals surface area contributed by atoms with Gasteiger partial charge in [-0.25, -0.2) is 0 Å². The summed E-state index contributed by atoms with van der Waals surface area (Å²) < 4.78 is 5.37. The van der Waals surface area contributed by atoms with Crippen molar-refractivity contribution in [2.45, 2.75) is 51.1 Å². The van der Waals surface area contributed by atoms with Gasteiger partial charge in [-0.15, -0.1) is 0 Å². The van der Waals surface area contributed by atoms with Crippen LogP contribution in [0.3, 0.4) is 0 Å². The maximum Gasteiger partial charge on any atom is 0.225 e. The summed E-state index contributed by atoms with van der Waals surface area (Å²) in [5, 5.41) is 3.09. The van der Waals surface area contributed by atoms with Crippen molar-refractivity contribution in [3.63, 3.8) is 0 Å². The Labute approximate surface area is 149 Å². The first-order valence-electron chi connectivity index (χ1n) is 9.35. The minimum absolute atomic E-state index is 0.0171. The molecule has 0 spiro atoms. The average molecular weight is 344 g/mol. The Morgan fingerprint density at radius 1 is 1.28 bits per heavy atom. The molecule has 3 rings (SSSR count). The highest BCUT2D eigenvalue weighted by molar-refractivity contribution is 5.89. The molecule has 2 fully saturated rings. The summed E-state index contributed by atoms with van der Waals surface area (Å²) in [6, 6.07) is 10.7. The molecule has 5 heteroatoms. The lowest BCUT2D eigenvalue weighted by molar-refractivity contribution is -0.131. The Morgan fingerprint density at radius 2 is 2.00 bits per heavy atom. The number of rotatable bonds is 6. The Balaban J connectivity index is 1.45. The van der Waals surface area contributed by atoms with Crippen LogP contribution >= 0.6 is 0 Å². The molecule has 2 atom stereocenters. The van der Waals surface area contributed by atoms with Crippen LogP contribution in [0.1, 0.15) is 38.2 Å². The van der Waals surface area contributed by atoms with Crippen molar-refractivity contribution in [3.05, 3.63) is 35.9 Å². The van der Waals surface area contributed by atoms with Crippen LogP contribution in [-0.4, -0.2) is 48.6 Å². The fourth-order valence-corrected chi connectivity index (χ4v) is 3.72. The Bertz CT molecular complexity index is 584. The number of carbonyl (C=O) groups excluding carboxylic acids is 2. The van der Waals surface area contributed by atoms with Gasteiger partial charge in [0.05, 0.1) is 5.92 Å². The summed E-state index contributed by atoms with van der Waals surface area (Å²) >= 11 is 0. The van der Waals surface area contributed by atoms with Crippen LogP contribution in [0.2, 0.25) is 0 Å². The van der Waals surface area contributed by atoms with Gasteiger partial charge in [0, 0.05) is 38.3 Å². The van der Waals surface area contributed by atoms with E-state index in [-0.39, 0.29) is 29.8 Å². The SMILES string of the molecule is CC(CCc1ccccc1)NC(=O)C1CC(=O)N(C2CCOCC2)C1. The molecule has 0 radical (unpaired) electrons. The van der Waals surface area contributed by atoms with E-state index in [1.165, 1.54) is 5.56 Å². The van der Waals surface area contributed by atoms with E-state index in [4.69, 9.17) is 4.74 Å². The number of carbonyl (C=O) groups is 2. The van der Waals surface area contributed by atoms with Crippen molar-refractivity contribution in [1.82, 2.24) is 10.2 Å². The first kappa shape index (κ1) is 17.9. The van der Waals surface area contributed by atoms with Gasteiger partial charge in [-0.1, -0.05) is 30.3 Å². The van der Waals surface area contributed by atoms with E-state index < -0.39 is 0 Å². The number of nitrogens with zero attached hydrogens (tertiary/aromatic N) is 1. The molecular weight excluding hydrogens is 316 g/mol. The zero-order valence-corrected chi connectivity index (χ0v) is 14.9. The van der Waals surface area contributed by atoms with Gasteiger partial charge in [0.2, 0.25) is 11.8 Å². The predicted molar refractivity (Wildman–Crippen MR) is 96.0 cm³/mol. The van der Waals surface area contributed by atoms with E-state index in [1.54, 1.807) is 0 Å². The molecule has 2 unspecified atom stereocenters. The Kier molecular flexibility index (Phi) is 6.08. The van der Waals surface area contributed by atoms with Gasteiger partial charge < -0.3 is 15.0 Å². The number of hydrogen-bond donors (Lipinski definition) is 1. The zero-order valence-electron chi connectivity index (χ0n) is 14.9. The van der Waals surface area contributed by atoms with Crippen molar-refractivity contribution in [3.8, 4) is 0 Å². The average Bonchev–Trinajstić information content (AvgIpc) is 3.03. The van der Waals surface area contributed by atoms with Gasteiger partial charge in [0.15, 0.2) is 0 Å². The molecule has 0 bridgehead atoms. The summed E-state index contributed by atoms with van der Waals surface area (Å²) in [4.78, 5) is 26.7. The molecule has 2 amide bonds. The number of nitrogens with one attached hydrogen (secondary N) is 1. The lowest BCUT2D eigenvalue weighted by Crippen LogP contribution is -2.42. The van der Waals surface area contributed by atoms with Crippen molar-refractivity contribution in [2.24, 2.45) is 5.92 Å². The molecule has 0 saturated carbocycles. The highest BCUT2D eigenvalue weighted by Gasteiger charge is 2.38. The molecule has 1 aromatic rings. The van der Waals surface area contributed by atoms with E-state index >= 15 is 0 Å². The normalized spacial score (nSPS) is 22.8. The molecule has 1 aromatic carbocycles. The van der Waals surface area contributed by atoms with Crippen molar-refractivity contribution >= 4 is 11.8 Å². The lowest BCUT2D eigenvalue weighted by atomic mass is 10.0. The number of amides is 2. The van der Waals surface area contributed by atoms with E-state index in [2.05, 4.69) is 17.4 Å². The summed E-state index contributed by atoms with van der Waals surface area (Å²) in [6.45, 7) is 4.01. The third-order valence-corrected chi connectivity index (χ3v) is 5.26. The lowest BCUT2D eigenvalue weighted by Gasteiger charge is -2.31. The van der Waals surface area contributed by atoms with Crippen molar-refractivity contribution < 1.29 is 14.3 Å². The second-order valence-electron chi connectivity index (χ2n) is 7.22. The van der Waals surface area contributed by atoms with E-state index in [1.807, 2.05) is 30.0 Å². The minimum atomic E-state index is -0.213. The first-order valence-corrected chi connectivity index (χ1v) is 9.35. The maximum absolute atomic E-state index is 12.5. The number of likely N-dealkylation sites (tertiary alicyclic amines) is 1. The van der Waals surface area contributed by atoms with Crippen LogP contribution in [-0.2, 0) is 20.7 Å².